The summed E-state index contributed by atoms with van der Waals surface area (Å²) < 4.78 is 2.04. The van der Waals surface area contributed by atoms with Gasteiger partial charge in [-0.05, 0) is 24.5 Å². The molecule has 1 unspecified atom stereocenters. The van der Waals surface area contributed by atoms with Crippen LogP contribution in [0.3, 0.4) is 0 Å². The lowest BCUT2D eigenvalue weighted by Gasteiger charge is -2.10. The van der Waals surface area contributed by atoms with Crippen molar-refractivity contribution in [3.63, 3.8) is 0 Å². The van der Waals surface area contributed by atoms with Gasteiger partial charge in [0, 0.05) is 39.5 Å². The predicted octanol–water partition coefficient (Wildman–Crippen LogP) is 2.19. The Balaban J connectivity index is 2.38. The van der Waals surface area contributed by atoms with Crippen molar-refractivity contribution >= 4 is 5.91 Å². The highest BCUT2D eigenvalue weighted by Gasteiger charge is 2.08. The van der Waals surface area contributed by atoms with E-state index in [0.29, 0.717) is 6.42 Å². The summed E-state index contributed by atoms with van der Waals surface area (Å²) in [4.78, 5) is 13.0. The third-order valence-corrected chi connectivity index (χ3v) is 3.03. The molecule has 1 aromatic rings. The highest BCUT2D eigenvalue weighted by atomic mass is 16.3. The van der Waals surface area contributed by atoms with Crippen molar-refractivity contribution in [3.05, 3.63) is 24.0 Å². The zero-order valence-electron chi connectivity index (χ0n) is 11.6. The number of rotatable bonds is 7. The molecule has 0 fully saturated rings. The average Bonchev–Trinajstić information content (AvgIpc) is 2.78. The third-order valence-electron chi connectivity index (χ3n) is 3.03. The van der Waals surface area contributed by atoms with Crippen LogP contribution in [0.1, 0.15) is 44.3 Å². The predicted molar refractivity (Wildman–Crippen MR) is 72.2 cm³/mol. The van der Waals surface area contributed by atoms with E-state index in [1.807, 2.05) is 23.0 Å². The van der Waals surface area contributed by atoms with E-state index in [1.165, 1.54) is 0 Å². The van der Waals surface area contributed by atoms with Gasteiger partial charge >= 0.3 is 0 Å². The Labute approximate surface area is 109 Å². The largest absolute Gasteiger partial charge is 0.388 e. The fourth-order valence-electron chi connectivity index (χ4n) is 1.87. The standard InChI is InChI=1S/C14H24N2O2/c1-4-6-13(17)12-8-10-16(11-12)9-5-7-14(18)15(2)3/h8,10-11,13,17H,4-7,9H2,1-3H3. The van der Waals surface area contributed by atoms with Crippen LogP contribution in [-0.4, -0.2) is 34.6 Å². The molecule has 1 rings (SSSR count). The molecule has 18 heavy (non-hydrogen) atoms. The van der Waals surface area contributed by atoms with Gasteiger partial charge in [-0.25, -0.2) is 0 Å². The van der Waals surface area contributed by atoms with Crippen molar-refractivity contribution in [1.29, 1.82) is 0 Å². The second-order valence-corrected chi connectivity index (χ2v) is 4.88. The van der Waals surface area contributed by atoms with Gasteiger partial charge in [0.1, 0.15) is 0 Å². The molecule has 0 saturated carbocycles. The monoisotopic (exact) mass is 252 g/mol. The minimum Gasteiger partial charge on any atom is -0.388 e. The van der Waals surface area contributed by atoms with Gasteiger partial charge in [-0.3, -0.25) is 4.79 Å². The Morgan fingerprint density at radius 1 is 1.50 bits per heavy atom. The highest BCUT2D eigenvalue weighted by Crippen LogP contribution is 2.18. The van der Waals surface area contributed by atoms with E-state index in [-0.39, 0.29) is 12.0 Å². The van der Waals surface area contributed by atoms with Crippen molar-refractivity contribution in [2.24, 2.45) is 0 Å². The first-order valence-corrected chi connectivity index (χ1v) is 6.58. The van der Waals surface area contributed by atoms with Crippen LogP contribution in [0.4, 0.5) is 0 Å². The Kier molecular flexibility index (Phi) is 5.92. The highest BCUT2D eigenvalue weighted by molar-refractivity contribution is 5.75. The molecule has 0 spiro atoms. The quantitative estimate of drug-likeness (QED) is 0.808. The molecule has 1 amide bonds. The van der Waals surface area contributed by atoms with E-state index in [1.54, 1.807) is 19.0 Å². The Bertz CT molecular complexity index is 372. The summed E-state index contributed by atoms with van der Waals surface area (Å²) in [5.41, 5.74) is 0.968. The number of nitrogens with zero attached hydrogens (tertiary/aromatic N) is 2. The molecular formula is C14H24N2O2. The lowest BCUT2D eigenvalue weighted by molar-refractivity contribution is -0.128. The van der Waals surface area contributed by atoms with Crippen LogP contribution in [0.5, 0.6) is 0 Å². The van der Waals surface area contributed by atoms with Gasteiger partial charge in [0.05, 0.1) is 6.10 Å². The van der Waals surface area contributed by atoms with Gasteiger partial charge in [0.2, 0.25) is 5.91 Å². The number of carbonyl (C=O) groups excluding carboxylic acids is 1. The maximum atomic E-state index is 11.4. The molecule has 102 valence electrons. The first-order chi connectivity index (χ1) is 8.54. The van der Waals surface area contributed by atoms with Crippen LogP contribution in [0.25, 0.3) is 0 Å². The number of aromatic nitrogens is 1. The number of amides is 1. The second kappa shape index (κ2) is 7.21. The molecule has 1 atom stereocenters. The lowest BCUT2D eigenvalue weighted by atomic mass is 10.1. The molecule has 0 aromatic carbocycles. The number of aliphatic hydroxyl groups excluding tert-OH is 1. The number of aliphatic hydroxyl groups is 1. The summed E-state index contributed by atoms with van der Waals surface area (Å²) in [6.07, 6.45) is 6.74. The summed E-state index contributed by atoms with van der Waals surface area (Å²) >= 11 is 0. The molecule has 4 nitrogen and oxygen atoms in total. The SMILES string of the molecule is CCCC(O)c1ccn(CCCC(=O)N(C)C)c1. The third kappa shape index (κ3) is 4.53. The second-order valence-electron chi connectivity index (χ2n) is 4.88. The summed E-state index contributed by atoms with van der Waals surface area (Å²) in [6.45, 7) is 2.88. The van der Waals surface area contributed by atoms with E-state index in [9.17, 15) is 9.90 Å². The lowest BCUT2D eigenvalue weighted by Crippen LogP contribution is -2.21. The minimum absolute atomic E-state index is 0.161. The number of hydrogen-bond acceptors (Lipinski definition) is 2. The Morgan fingerprint density at radius 2 is 2.22 bits per heavy atom. The summed E-state index contributed by atoms with van der Waals surface area (Å²) in [5.74, 6) is 0.161. The Hall–Kier alpha value is -1.29. The number of carbonyl (C=O) groups is 1. The van der Waals surface area contributed by atoms with Gasteiger partial charge < -0.3 is 14.6 Å². The number of aryl methyl sites for hydroxylation is 1. The fraction of sp³-hybridized carbons (Fsp3) is 0.643. The maximum Gasteiger partial charge on any atom is 0.222 e. The molecule has 1 N–H and O–H groups in total. The van der Waals surface area contributed by atoms with E-state index >= 15 is 0 Å². The summed E-state index contributed by atoms with van der Waals surface area (Å²) in [7, 11) is 3.55. The van der Waals surface area contributed by atoms with Crippen LogP contribution in [0.2, 0.25) is 0 Å². The fourth-order valence-corrected chi connectivity index (χ4v) is 1.87. The molecule has 1 aromatic heterocycles. The van der Waals surface area contributed by atoms with Crippen molar-refractivity contribution in [2.45, 2.75) is 45.3 Å². The molecular weight excluding hydrogens is 228 g/mol. The molecule has 0 radical (unpaired) electrons. The zero-order chi connectivity index (χ0) is 13.5. The van der Waals surface area contributed by atoms with Crippen LogP contribution < -0.4 is 0 Å². The minimum atomic E-state index is -0.361. The average molecular weight is 252 g/mol. The van der Waals surface area contributed by atoms with Gasteiger partial charge in [0.25, 0.3) is 0 Å². The summed E-state index contributed by atoms with van der Waals surface area (Å²) in [6, 6.07) is 1.95. The van der Waals surface area contributed by atoms with E-state index in [4.69, 9.17) is 0 Å². The van der Waals surface area contributed by atoms with Gasteiger partial charge in [-0.15, -0.1) is 0 Å². The van der Waals surface area contributed by atoms with E-state index in [0.717, 1.165) is 31.4 Å². The molecule has 0 bridgehead atoms. The molecule has 0 aliphatic heterocycles. The van der Waals surface area contributed by atoms with Crippen molar-refractivity contribution in [2.75, 3.05) is 14.1 Å². The smallest absolute Gasteiger partial charge is 0.222 e. The molecule has 4 heteroatoms. The maximum absolute atomic E-state index is 11.4. The van der Waals surface area contributed by atoms with E-state index < -0.39 is 0 Å². The van der Waals surface area contributed by atoms with Crippen molar-refractivity contribution < 1.29 is 9.90 Å². The van der Waals surface area contributed by atoms with Crippen LogP contribution in [0.15, 0.2) is 18.5 Å². The molecule has 1 heterocycles. The first-order valence-electron chi connectivity index (χ1n) is 6.58. The normalized spacial score (nSPS) is 12.4. The molecule has 0 saturated heterocycles. The van der Waals surface area contributed by atoms with Gasteiger partial charge in [-0.1, -0.05) is 13.3 Å². The van der Waals surface area contributed by atoms with Crippen molar-refractivity contribution in [3.8, 4) is 0 Å². The molecule has 0 aliphatic rings. The summed E-state index contributed by atoms with van der Waals surface area (Å²) in [5, 5.41) is 9.85. The topological polar surface area (TPSA) is 45.5 Å². The van der Waals surface area contributed by atoms with Crippen LogP contribution in [-0.2, 0) is 11.3 Å². The number of hydrogen-bond donors (Lipinski definition) is 1. The van der Waals surface area contributed by atoms with E-state index in [2.05, 4.69) is 6.92 Å². The van der Waals surface area contributed by atoms with Crippen LogP contribution >= 0.6 is 0 Å². The Morgan fingerprint density at radius 3 is 2.83 bits per heavy atom. The van der Waals surface area contributed by atoms with Crippen molar-refractivity contribution in [1.82, 2.24) is 9.47 Å². The zero-order valence-corrected chi connectivity index (χ0v) is 11.6. The van der Waals surface area contributed by atoms with Gasteiger partial charge in [-0.2, -0.15) is 0 Å². The first kappa shape index (κ1) is 14.8. The van der Waals surface area contributed by atoms with Crippen LogP contribution in [0, 0.1) is 0 Å². The van der Waals surface area contributed by atoms with Gasteiger partial charge in [0.15, 0.2) is 0 Å². The molecule has 0 aliphatic carbocycles.